The van der Waals surface area contributed by atoms with E-state index in [-0.39, 0.29) is 6.54 Å². The summed E-state index contributed by atoms with van der Waals surface area (Å²) in [4.78, 5) is 12.4. The van der Waals surface area contributed by atoms with Gasteiger partial charge in [-0.3, -0.25) is 4.39 Å². The molecule has 18 heavy (non-hydrogen) atoms. The molecule has 0 saturated carbocycles. The lowest BCUT2D eigenvalue weighted by atomic mass is 10.2. The lowest BCUT2D eigenvalue weighted by Gasteiger charge is -2.10. The van der Waals surface area contributed by atoms with Crippen molar-refractivity contribution in [3.8, 4) is 6.07 Å². The van der Waals surface area contributed by atoms with E-state index in [1.807, 2.05) is 12.3 Å². The second-order valence-electron chi connectivity index (χ2n) is 3.45. The van der Waals surface area contributed by atoms with Crippen molar-refractivity contribution in [3.05, 3.63) is 23.8 Å². The Balaban J connectivity index is 2.70. The number of nitrogens with one attached hydrogen (secondary N) is 2. The first-order valence-corrected chi connectivity index (χ1v) is 6.62. The SMILES string of the molecule is CSc1ccc(C#N)cc1NC(=O)NCCCF. The van der Waals surface area contributed by atoms with Crippen molar-refractivity contribution in [2.45, 2.75) is 11.3 Å². The predicted molar refractivity (Wildman–Crippen MR) is 70.6 cm³/mol. The molecule has 0 aliphatic heterocycles. The van der Waals surface area contributed by atoms with E-state index in [1.165, 1.54) is 11.8 Å². The van der Waals surface area contributed by atoms with Gasteiger partial charge in [-0.25, -0.2) is 4.79 Å². The monoisotopic (exact) mass is 267 g/mol. The van der Waals surface area contributed by atoms with E-state index < -0.39 is 12.7 Å². The largest absolute Gasteiger partial charge is 0.338 e. The first-order valence-electron chi connectivity index (χ1n) is 5.40. The zero-order valence-electron chi connectivity index (χ0n) is 10.00. The molecule has 0 heterocycles. The number of alkyl halides is 1. The maximum atomic E-state index is 11.9. The van der Waals surface area contributed by atoms with Crippen LogP contribution in [0.25, 0.3) is 0 Å². The fourth-order valence-electron chi connectivity index (χ4n) is 1.31. The molecule has 0 atom stereocenters. The summed E-state index contributed by atoms with van der Waals surface area (Å²) in [5.41, 5.74) is 1.06. The maximum absolute atomic E-state index is 11.9. The summed E-state index contributed by atoms with van der Waals surface area (Å²) in [7, 11) is 0. The Bertz CT molecular complexity index is 459. The lowest BCUT2D eigenvalue weighted by Crippen LogP contribution is -2.29. The van der Waals surface area contributed by atoms with Crippen LogP contribution in [0.3, 0.4) is 0 Å². The molecule has 0 aromatic heterocycles. The van der Waals surface area contributed by atoms with Gasteiger partial charge >= 0.3 is 6.03 Å². The summed E-state index contributed by atoms with van der Waals surface area (Å²) in [6.07, 6.45) is 2.18. The number of carbonyl (C=O) groups excluding carboxylic acids is 1. The van der Waals surface area contributed by atoms with Crippen LogP contribution in [-0.4, -0.2) is 25.5 Å². The van der Waals surface area contributed by atoms with Gasteiger partial charge in [-0.05, 0) is 30.9 Å². The Morgan fingerprint density at radius 2 is 2.33 bits per heavy atom. The molecule has 2 amide bonds. The number of hydrogen-bond donors (Lipinski definition) is 2. The molecular weight excluding hydrogens is 253 g/mol. The topological polar surface area (TPSA) is 64.9 Å². The summed E-state index contributed by atoms with van der Waals surface area (Å²) in [6, 6.07) is 6.70. The first kappa shape index (κ1) is 14.3. The number of anilines is 1. The van der Waals surface area contributed by atoms with Crippen LogP contribution < -0.4 is 10.6 Å². The van der Waals surface area contributed by atoms with E-state index in [9.17, 15) is 9.18 Å². The zero-order chi connectivity index (χ0) is 13.4. The molecule has 0 unspecified atom stereocenters. The van der Waals surface area contributed by atoms with Crippen LogP contribution in [0.15, 0.2) is 23.1 Å². The molecule has 0 fully saturated rings. The van der Waals surface area contributed by atoms with Gasteiger partial charge in [-0.15, -0.1) is 11.8 Å². The number of halogens is 1. The fourth-order valence-corrected chi connectivity index (χ4v) is 1.84. The minimum Gasteiger partial charge on any atom is -0.338 e. The highest BCUT2D eigenvalue weighted by atomic mass is 32.2. The molecule has 0 aliphatic carbocycles. The Morgan fingerprint density at radius 3 is 2.94 bits per heavy atom. The number of thioether (sulfide) groups is 1. The highest BCUT2D eigenvalue weighted by molar-refractivity contribution is 7.98. The number of rotatable bonds is 5. The number of hydrogen-bond acceptors (Lipinski definition) is 3. The van der Waals surface area contributed by atoms with Crippen molar-refractivity contribution in [3.63, 3.8) is 0 Å². The average molecular weight is 267 g/mol. The zero-order valence-corrected chi connectivity index (χ0v) is 10.8. The van der Waals surface area contributed by atoms with Gasteiger partial charge in [0.05, 0.1) is 24.0 Å². The van der Waals surface area contributed by atoms with E-state index >= 15 is 0 Å². The second-order valence-corrected chi connectivity index (χ2v) is 4.30. The average Bonchev–Trinajstić information content (AvgIpc) is 2.39. The Labute approximate surface area is 110 Å². The summed E-state index contributed by atoms with van der Waals surface area (Å²) < 4.78 is 11.9. The summed E-state index contributed by atoms with van der Waals surface area (Å²) in [6.45, 7) is -0.171. The van der Waals surface area contributed by atoms with E-state index in [4.69, 9.17) is 5.26 Å². The first-order chi connectivity index (χ1) is 8.71. The van der Waals surface area contributed by atoms with Crippen LogP contribution in [-0.2, 0) is 0 Å². The maximum Gasteiger partial charge on any atom is 0.319 e. The molecule has 4 nitrogen and oxygen atoms in total. The van der Waals surface area contributed by atoms with Crippen molar-refractivity contribution < 1.29 is 9.18 Å². The molecular formula is C12H14FN3OS. The third-order valence-corrected chi connectivity index (χ3v) is 2.97. The standard InChI is InChI=1S/C12H14FN3OS/c1-18-11-4-3-9(8-14)7-10(11)16-12(17)15-6-2-5-13/h3-4,7H,2,5-6H2,1H3,(H2,15,16,17). The highest BCUT2D eigenvalue weighted by Crippen LogP contribution is 2.26. The van der Waals surface area contributed by atoms with E-state index in [1.54, 1.807) is 18.2 Å². The van der Waals surface area contributed by atoms with E-state index in [2.05, 4.69) is 10.6 Å². The van der Waals surface area contributed by atoms with Gasteiger partial charge in [0.1, 0.15) is 0 Å². The van der Waals surface area contributed by atoms with Gasteiger partial charge in [0, 0.05) is 11.4 Å². The van der Waals surface area contributed by atoms with Gasteiger partial charge < -0.3 is 10.6 Å². The smallest absolute Gasteiger partial charge is 0.319 e. The molecule has 96 valence electrons. The van der Waals surface area contributed by atoms with Crippen LogP contribution >= 0.6 is 11.8 Å². The molecule has 1 aromatic rings. The van der Waals surface area contributed by atoms with Crippen LogP contribution in [0.4, 0.5) is 14.9 Å². The summed E-state index contributed by atoms with van der Waals surface area (Å²) in [5, 5.41) is 14.0. The third kappa shape index (κ3) is 4.26. The van der Waals surface area contributed by atoms with Gasteiger partial charge in [-0.1, -0.05) is 0 Å². The number of carbonyl (C=O) groups is 1. The quantitative estimate of drug-likeness (QED) is 0.637. The van der Waals surface area contributed by atoms with Crippen molar-refractivity contribution in [2.24, 2.45) is 0 Å². The van der Waals surface area contributed by atoms with Crippen molar-refractivity contribution in [1.82, 2.24) is 5.32 Å². The fraction of sp³-hybridized carbons (Fsp3) is 0.333. The third-order valence-electron chi connectivity index (χ3n) is 2.17. The minimum absolute atomic E-state index is 0.287. The second kappa shape index (κ2) is 7.56. The minimum atomic E-state index is -0.458. The number of amides is 2. The van der Waals surface area contributed by atoms with Crippen molar-refractivity contribution in [1.29, 1.82) is 5.26 Å². The number of urea groups is 1. The van der Waals surface area contributed by atoms with Gasteiger partial charge in [-0.2, -0.15) is 5.26 Å². The van der Waals surface area contributed by atoms with E-state index in [0.717, 1.165) is 4.90 Å². The van der Waals surface area contributed by atoms with E-state index in [0.29, 0.717) is 17.7 Å². The Kier molecular flexibility index (Phi) is 6.01. The molecule has 0 radical (unpaired) electrons. The number of nitrogens with zero attached hydrogens (tertiary/aromatic N) is 1. The Morgan fingerprint density at radius 1 is 1.56 bits per heavy atom. The highest BCUT2D eigenvalue weighted by Gasteiger charge is 2.07. The Hall–Kier alpha value is -1.74. The molecule has 0 spiro atoms. The predicted octanol–water partition coefficient (Wildman–Crippen LogP) is 2.76. The summed E-state index contributed by atoms with van der Waals surface area (Å²) in [5.74, 6) is 0. The van der Waals surface area contributed by atoms with Gasteiger partial charge in [0.25, 0.3) is 0 Å². The van der Waals surface area contributed by atoms with Crippen LogP contribution in [0, 0.1) is 11.3 Å². The summed E-state index contributed by atoms with van der Waals surface area (Å²) >= 11 is 1.47. The molecule has 2 N–H and O–H groups in total. The van der Waals surface area contributed by atoms with Crippen LogP contribution in [0.2, 0.25) is 0 Å². The molecule has 0 saturated heterocycles. The number of benzene rings is 1. The van der Waals surface area contributed by atoms with Crippen LogP contribution in [0.1, 0.15) is 12.0 Å². The molecule has 1 aromatic carbocycles. The molecule has 6 heteroatoms. The lowest BCUT2D eigenvalue weighted by molar-refractivity contribution is 0.251. The van der Waals surface area contributed by atoms with Gasteiger partial charge in [0.2, 0.25) is 0 Å². The van der Waals surface area contributed by atoms with Crippen LogP contribution in [0.5, 0.6) is 0 Å². The van der Waals surface area contributed by atoms with Crippen molar-refractivity contribution >= 4 is 23.5 Å². The van der Waals surface area contributed by atoms with Gasteiger partial charge in [0.15, 0.2) is 0 Å². The molecule has 1 rings (SSSR count). The normalized spacial score (nSPS) is 9.61. The molecule has 0 bridgehead atoms. The van der Waals surface area contributed by atoms with Crippen molar-refractivity contribution in [2.75, 3.05) is 24.8 Å². The number of nitriles is 1. The molecule has 0 aliphatic rings.